The predicted molar refractivity (Wildman–Crippen MR) is 75.1 cm³/mol. The van der Waals surface area contributed by atoms with E-state index in [9.17, 15) is 5.11 Å². The lowest BCUT2D eigenvalue weighted by Crippen LogP contribution is -2.12. The summed E-state index contributed by atoms with van der Waals surface area (Å²) in [5.74, 6) is 0.754. The van der Waals surface area contributed by atoms with Crippen LogP contribution in [0.3, 0.4) is 0 Å². The fraction of sp³-hybridized carbons (Fsp3) is 0.571. The SMILES string of the molecule is NCCCOc1ccc(CCO)c(CN)c1CCO. The van der Waals surface area contributed by atoms with E-state index in [0.29, 0.717) is 32.5 Å². The second-order valence-corrected chi connectivity index (χ2v) is 4.32. The van der Waals surface area contributed by atoms with Crippen LogP contribution in [0.25, 0.3) is 0 Å². The van der Waals surface area contributed by atoms with Gasteiger partial charge in [0.05, 0.1) is 6.61 Å². The number of rotatable bonds is 9. The quantitative estimate of drug-likeness (QED) is 0.470. The van der Waals surface area contributed by atoms with Crippen molar-refractivity contribution in [2.45, 2.75) is 25.8 Å². The lowest BCUT2D eigenvalue weighted by molar-refractivity contribution is 0.285. The molecule has 0 fully saturated rings. The molecule has 0 saturated carbocycles. The van der Waals surface area contributed by atoms with E-state index in [-0.39, 0.29) is 13.2 Å². The topological polar surface area (TPSA) is 102 Å². The van der Waals surface area contributed by atoms with Crippen molar-refractivity contribution in [2.24, 2.45) is 11.5 Å². The molecule has 5 heteroatoms. The fourth-order valence-electron chi connectivity index (χ4n) is 2.12. The first-order chi connectivity index (χ1) is 9.28. The van der Waals surface area contributed by atoms with Crippen molar-refractivity contribution in [1.29, 1.82) is 0 Å². The molecule has 0 unspecified atom stereocenters. The monoisotopic (exact) mass is 268 g/mol. The molecular formula is C14H24N2O3. The summed E-state index contributed by atoms with van der Waals surface area (Å²) >= 11 is 0. The summed E-state index contributed by atoms with van der Waals surface area (Å²) < 4.78 is 5.70. The molecule has 108 valence electrons. The Morgan fingerprint density at radius 3 is 2.32 bits per heavy atom. The molecule has 5 nitrogen and oxygen atoms in total. The van der Waals surface area contributed by atoms with Gasteiger partial charge in [-0.25, -0.2) is 0 Å². The van der Waals surface area contributed by atoms with Gasteiger partial charge in [-0.3, -0.25) is 0 Å². The molecule has 0 aromatic heterocycles. The molecule has 0 spiro atoms. The Labute approximate surface area is 114 Å². The van der Waals surface area contributed by atoms with Gasteiger partial charge in [0.1, 0.15) is 5.75 Å². The number of hydrogen-bond donors (Lipinski definition) is 4. The summed E-state index contributed by atoms with van der Waals surface area (Å²) in [6.45, 7) is 1.64. The van der Waals surface area contributed by atoms with Crippen LogP contribution < -0.4 is 16.2 Å². The van der Waals surface area contributed by atoms with Crippen LogP contribution >= 0.6 is 0 Å². The lowest BCUT2D eigenvalue weighted by Gasteiger charge is -2.17. The van der Waals surface area contributed by atoms with Gasteiger partial charge >= 0.3 is 0 Å². The van der Waals surface area contributed by atoms with Crippen LogP contribution in [0.4, 0.5) is 0 Å². The van der Waals surface area contributed by atoms with Gasteiger partial charge in [0.15, 0.2) is 0 Å². The first-order valence-corrected chi connectivity index (χ1v) is 6.66. The number of ether oxygens (including phenoxy) is 1. The van der Waals surface area contributed by atoms with Crippen LogP contribution in [0.5, 0.6) is 5.75 Å². The molecule has 0 heterocycles. The largest absolute Gasteiger partial charge is 0.493 e. The molecule has 1 aromatic rings. The van der Waals surface area contributed by atoms with Crippen molar-refractivity contribution in [3.05, 3.63) is 28.8 Å². The van der Waals surface area contributed by atoms with Gasteiger partial charge in [-0.2, -0.15) is 0 Å². The Morgan fingerprint density at radius 2 is 1.74 bits per heavy atom. The van der Waals surface area contributed by atoms with Gasteiger partial charge in [-0.15, -0.1) is 0 Å². The van der Waals surface area contributed by atoms with Crippen molar-refractivity contribution in [1.82, 2.24) is 0 Å². The van der Waals surface area contributed by atoms with Crippen LogP contribution in [0.15, 0.2) is 12.1 Å². The number of aliphatic hydroxyl groups is 2. The first kappa shape index (κ1) is 15.9. The van der Waals surface area contributed by atoms with Crippen LogP contribution in [0.2, 0.25) is 0 Å². The molecule has 1 aromatic carbocycles. The van der Waals surface area contributed by atoms with Gasteiger partial charge in [0, 0.05) is 25.3 Å². The fourth-order valence-corrected chi connectivity index (χ4v) is 2.12. The highest BCUT2D eigenvalue weighted by Crippen LogP contribution is 2.27. The molecule has 0 radical (unpaired) electrons. The van der Waals surface area contributed by atoms with Gasteiger partial charge < -0.3 is 26.4 Å². The molecule has 0 atom stereocenters. The normalized spacial score (nSPS) is 10.7. The third-order valence-corrected chi connectivity index (χ3v) is 3.04. The summed E-state index contributed by atoms with van der Waals surface area (Å²) in [6.07, 6.45) is 1.85. The van der Waals surface area contributed by atoms with E-state index in [1.54, 1.807) is 0 Å². The Morgan fingerprint density at radius 1 is 1.00 bits per heavy atom. The summed E-state index contributed by atoms with van der Waals surface area (Å²) in [5.41, 5.74) is 14.2. The van der Waals surface area contributed by atoms with Crippen LogP contribution in [0.1, 0.15) is 23.1 Å². The van der Waals surface area contributed by atoms with Crippen molar-refractivity contribution >= 4 is 0 Å². The summed E-state index contributed by atoms with van der Waals surface area (Å²) in [6, 6.07) is 3.81. The van der Waals surface area contributed by atoms with Crippen LogP contribution in [-0.2, 0) is 19.4 Å². The number of benzene rings is 1. The molecular weight excluding hydrogens is 244 g/mol. The summed E-state index contributed by atoms with van der Waals surface area (Å²) in [4.78, 5) is 0. The minimum Gasteiger partial charge on any atom is -0.493 e. The van der Waals surface area contributed by atoms with E-state index in [2.05, 4.69) is 0 Å². The maximum absolute atomic E-state index is 9.19. The molecule has 19 heavy (non-hydrogen) atoms. The average Bonchev–Trinajstić information content (AvgIpc) is 2.42. The van der Waals surface area contributed by atoms with Crippen molar-refractivity contribution in [3.63, 3.8) is 0 Å². The third-order valence-electron chi connectivity index (χ3n) is 3.04. The van der Waals surface area contributed by atoms with Gasteiger partial charge in [-0.05, 0) is 43.0 Å². The number of aliphatic hydroxyl groups excluding tert-OH is 2. The zero-order valence-corrected chi connectivity index (χ0v) is 11.3. The summed E-state index contributed by atoms with van der Waals surface area (Å²) in [7, 11) is 0. The second kappa shape index (κ2) is 8.87. The van der Waals surface area contributed by atoms with Crippen LogP contribution in [-0.4, -0.2) is 36.6 Å². The molecule has 0 bridgehead atoms. The van der Waals surface area contributed by atoms with E-state index < -0.39 is 0 Å². The van der Waals surface area contributed by atoms with E-state index in [0.717, 1.165) is 28.9 Å². The minimum absolute atomic E-state index is 0.0445. The van der Waals surface area contributed by atoms with Crippen molar-refractivity contribution < 1.29 is 14.9 Å². The zero-order valence-electron chi connectivity index (χ0n) is 11.3. The third kappa shape index (κ3) is 4.47. The van der Waals surface area contributed by atoms with E-state index in [4.69, 9.17) is 21.3 Å². The molecule has 0 saturated heterocycles. The van der Waals surface area contributed by atoms with E-state index >= 15 is 0 Å². The molecule has 0 aliphatic carbocycles. The number of hydrogen-bond acceptors (Lipinski definition) is 5. The van der Waals surface area contributed by atoms with Gasteiger partial charge in [0.2, 0.25) is 0 Å². The van der Waals surface area contributed by atoms with Crippen molar-refractivity contribution in [3.8, 4) is 5.75 Å². The average molecular weight is 268 g/mol. The lowest BCUT2D eigenvalue weighted by atomic mass is 9.96. The van der Waals surface area contributed by atoms with Gasteiger partial charge in [-0.1, -0.05) is 6.07 Å². The maximum Gasteiger partial charge on any atom is 0.122 e. The molecule has 6 N–H and O–H groups in total. The Bertz CT molecular complexity index is 383. The molecule has 1 rings (SSSR count). The smallest absolute Gasteiger partial charge is 0.122 e. The molecule has 0 amide bonds. The highest BCUT2D eigenvalue weighted by Gasteiger charge is 2.12. The Kier molecular flexibility index (Phi) is 7.43. The maximum atomic E-state index is 9.19. The second-order valence-electron chi connectivity index (χ2n) is 4.32. The first-order valence-electron chi connectivity index (χ1n) is 6.66. The standard InChI is InChI=1S/C14H24N2O3/c15-6-1-9-19-14-3-2-11(4-7-17)13(10-16)12(14)5-8-18/h2-3,17-18H,1,4-10,15-16H2. The van der Waals surface area contributed by atoms with Crippen LogP contribution in [0, 0.1) is 0 Å². The Hall–Kier alpha value is -1.14. The number of nitrogens with two attached hydrogens (primary N) is 2. The summed E-state index contributed by atoms with van der Waals surface area (Å²) in [5, 5.41) is 18.3. The Balaban J connectivity index is 3.01. The predicted octanol–water partition coefficient (Wildman–Crippen LogP) is -0.0575. The highest BCUT2D eigenvalue weighted by molar-refractivity contribution is 5.45. The zero-order chi connectivity index (χ0) is 14.1. The van der Waals surface area contributed by atoms with E-state index in [1.165, 1.54) is 0 Å². The van der Waals surface area contributed by atoms with E-state index in [1.807, 2.05) is 12.1 Å². The minimum atomic E-state index is 0.0445. The highest BCUT2D eigenvalue weighted by atomic mass is 16.5. The molecule has 0 aliphatic heterocycles. The van der Waals surface area contributed by atoms with Gasteiger partial charge in [0.25, 0.3) is 0 Å². The molecule has 0 aliphatic rings. The van der Waals surface area contributed by atoms with Crippen molar-refractivity contribution in [2.75, 3.05) is 26.4 Å².